The summed E-state index contributed by atoms with van der Waals surface area (Å²) >= 11 is 0. The first kappa shape index (κ1) is 24.0. The van der Waals surface area contributed by atoms with Crippen LogP contribution in [0.15, 0.2) is 0 Å². The predicted octanol–water partition coefficient (Wildman–Crippen LogP) is 5.18. The van der Waals surface area contributed by atoms with Gasteiger partial charge in [0, 0.05) is 0 Å². The first-order chi connectivity index (χ1) is 9.35. The van der Waals surface area contributed by atoms with Crippen LogP contribution in [0.25, 0.3) is 16.0 Å². The topological polar surface area (TPSA) is 42.3 Å². The summed E-state index contributed by atoms with van der Waals surface area (Å²) in [4.78, 5) is 0. The van der Waals surface area contributed by atoms with Gasteiger partial charge in [-0.2, -0.15) is 53.0 Å². The molecule has 1 fully saturated rings. The zero-order valence-corrected chi connectivity index (χ0v) is 17.7. The molecule has 1 aliphatic carbocycles. The van der Waals surface area contributed by atoms with Gasteiger partial charge in [0.2, 0.25) is 0 Å². The molecule has 1 saturated carbocycles. The van der Waals surface area contributed by atoms with Crippen LogP contribution in [0.1, 0.15) is 53.4 Å². The number of rotatable bonds is 6. The van der Waals surface area contributed by atoms with Crippen molar-refractivity contribution < 1.29 is 26.2 Å². The Labute approximate surface area is 152 Å². The molecule has 3 nitrogen and oxygen atoms in total. The molecule has 122 valence electrons. The van der Waals surface area contributed by atoms with Crippen LogP contribution in [0.5, 0.6) is 0 Å². The van der Waals surface area contributed by atoms with Gasteiger partial charge in [0.05, 0.1) is 0 Å². The molecule has 1 aliphatic rings. The van der Waals surface area contributed by atoms with Crippen LogP contribution in [-0.2, 0) is 26.2 Å². The van der Waals surface area contributed by atoms with Gasteiger partial charge in [-0.15, -0.1) is 5.54 Å². The summed E-state index contributed by atoms with van der Waals surface area (Å²) in [6.07, 6.45) is 5.26. The van der Waals surface area contributed by atoms with Crippen molar-refractivity contribution in [3.8, 4) is 0 Å². The second-order valence-corrected chi connectivity index (χ2v) is 6.83. The quantitative estimate of drug-likeness (QED) is 0.577. The molecule has 0 amide bonds. The molecule has 0 saturated heterocycles. The summed E-state index contributed by atoms with van der Waals surface area (Å²) in [5, 5.41) is 12.4. The van der Waals surface area contributed by atoms with E-state index in [0.717, 1.165) is 24.9 Å². The van der Waals surface area contributed by atoms with E-state index in [1.165, 1.54) is 25.7 Å². The van der Waals surface area contributed by atoms with Crippen LogP contribution in [0, 0.1) is 17.8 Å². The van der Waals surface area contributed by atoms with Gasteiger partial charge in [-0.25, -0.2) is 0 Å². The summed E-state index contributed by atoms with van der Waals surface area (Å²) in [6, 6.07) is 0. The molecule has 0 bridgehead atoms. The van der Waals surface area contributed by atoms with Gasteiger partial charge < -0.3 is 21.9 Å². The molecule has 21 heavy (non-hydrogen) atoms. The maximum absolute atomic E-state index is 4.71. The minimum absolute atomic E-state index is 0. The van der Waals surface area contributed by atoms with Crippen molar-refractivity contribution in [3.05, 3.63) is 21.9 Å². The monoisotopic (exact) mass is 371 g/mol. The third kappa shape index (κ3) is 11.9. The van der Waals surface area contributed by atoms with Crippen LogP contribution >= 0.6 is 0 Å². The molecule has 0 aliphatic heterocycles. The van der Waals surface area contributed by atoms with E-state index in [-0.39, 0.29) is 31.7 Å². The van der Waals surface area contributed by atoms with E-state index in [9.17, 15) is 0 Å². The van der Waals surface area contributed by atoms with Crippen molar-refractivity contribution in [2.24, 2.45) is 11.8 Å². The fraction of sp³-hybridized carbons (Fsp3) is 0.941. The Morgan fingerprint density at radius 1 is 0.952 bits per heavy atom. The maximum atomic E-state index is 4.71. The van der Waals surface area contributed by atoms with Crippen molar-refractivity contribution in [3.63, 3.8) is 0 Å². The Balaban J connectivity index is 0. The van der Waals surface area contributed by atoms with Gasteiger partial charge in [0.1, 0.15) is 0 Å². The number of nitrogens with zero attached hydrogens (tertiary/aromatic N) is 3. The Kier molecular flexibility index (Phi) is 15.1. The van der Waals surface area contributed by atoms with Crippen molar-refractivity contribution in [2.75, 3.05) is 34.2 Å². The van der Waals surface area contributed by atoms with Gasteiger partial charge >= 0.3 is 26.2 Å². The van der Waals surface area contributed by atoms with E-state index in [4.69, 9.17) is 5.32 Å². The van der Waals surface area contributed by atoms with Crippen LogP contribution in [0.2, 0.25) is 0 Å². The third-order valence-corrected chi connectivity index (χ3v) is 3.92. The second-order valence-electron chi connectivity index (χ2n) is 6.83. The first-order valence-electron chi connectivity index (χ1n) is 7.91. The molecule has 1 rings (SSSR count). The molecule has 0 radical (unpaired) electrons. The standard InChI is InChI=1S/C15H29N2.C2H6N.Zr/c1-12-13(8-10-16-5)6-7-14(12)9-11-17-15(2,3)4;1-3-2;/h13-14H,6-11H2,1-5H3;1-2H3;/q-3;-1;+4. The first-order valence-corrected chi connectivity index (χ1v) is 7.91. The Bertz CT molecular complexity index is 229. The maximum Gasteiger partial charge on any atom is 4.00 e. The van der Waals surface area contributed by atoms with E-state index in [0.29, 0.717) is 0 Å². The molecule has 0 spiro atoms. The Morgan fingerprint density at radius 3 is 1.76 bits per heavy atom. The number of hydrogen-bond donors (Lipinski definition) is 0. The average Bonchev–Trinajstić information content (AvgIpc) is 2.68. The van der Waals surface area contributed by atoms with Gasteiger partial charge in [-0.3, -0.25) is 0 Å². The van der Waals surface area contributed by atoms with Crippen molar-refractivity contribution >= 4 is 0 Å². The smallest absolute Gasteiger partial charge is 0.668 e. The molecule has 0 heterocycles. The van der Waals surface area contributed by atoms with Crippen molar-refractivity contribution in [1.29, 1.82) is 0 Å². The van der Waals surface area contributed by atoms with Gasteiger partial charge in [0.25, 0.3) is 0 Å². The van der Waals surface area contributed by atoms with E-state index >= 15 is 0 Å². The summed E-state index contributed by atoms with van der Waals surface area (Å²) in [6.45, 7) is 11.0. The molecule has 2 atom stereocenters. The molecule has 0 aromatic rings. The third-order valence-electron chi connectivity index (χ3n) is 3.92. The minimum atomic E-state index is 0. The fourth-order valence-corrected chi connectivity index (χ4v) is 2.78. The van der Waals surface area contributed by atoms with Gasteiger partial charge in [-0.1, -0.05) is 46.5 Å². The summed E-state index contributed by atoms with van der Waals surface area (Å²) in [5.74, 6) is 3.37. The van der Waals surface area contributed by atoms with Gasteiger partial charge in [0.15, 0.2) is 0 Å². The predicted molar refractivity (Wildman–Crippen MR) is 91.7 cm³/mol. The largest absolute Gasteiger partial charge is 4.00 e. The minimum Gasteiger partial charge on any atom is -0.668 e. The van der Waals surface area contributed by atoms with E-state index in [2.05, 4.69) is 38.3 Å². The average molecular weight is 373 g/mol. The number of hydrogen-bond acceptors (Lipinski definition) is 0. The molecule has 0 aromatic heterocycles. The van der Waals surface area contributed by atoms with Crippen LogP contribution < -0.4 is 0 Å². The Hall–Kier alpha value is 0.763. The van der Waals surface area contributed by atoms with Crippen LogP contribution in [0.3, 0.4) is 0 Å². The van der Waals surface area contributed by atoms with Crippen molar-refractivity contribution in [1.82, 2.24) is 0 Å². The zero-order valence-electron chi connectivity index (χ0n) is 15.2. The van der Waals surface area contributed by atoms with Crippen LogP contribution in [-0.4, -0.2) is 39.8 Å². The normalized spacial score (nSPS) is 22.4. The van der Waals surface area contributed by atoms with Gasteiger partial charge in [-0.05, 0) is 0 Å². The molecule has 4 heteroatoms. The van der Waals surface area contributed by atoms with Crippen molar-refractivity contribution in [2.45, 2.75) is 58.9 Å². The SMILES string of the molecule is C[N-]C.C[N-]CCC1CCC(CC[N-]C(C)(C)C)[C-]1C.[Zr+4]. The zero-order chi connectivity index (χ0) is 15.6. The molecule has 2 unspecified atom stereocenters. The summed E-state index contributed by atoms with van der Waals surface area (Å²) in [5.41, 5.74) is 0.132. The second kappa shape index (κ2) is 13.2. The van der Waals surface area contributed by atoms with E-state index in [1.807, 2.05) is 7.05 Å². The molecule has 0 aromatic carbocycles. The van der Waals surface area contributed by atoms with E-state index < -0.39 is 0 Å². The molecular weight excluding hydrogens is 337 g/mol. The molecular formula is C17H35N3Zr. The summed E-state index contributed by atoms with van der Waals surface area (Å²) < 4.78 is 0. The fourth-order valence-electron chi connectivity index (χ4n) is 2.78. The van der Waals surface area contributed by atoms with Crippen LogP contribution in [0.4, 0.5) is 0 Å². The van der Waals surface area contributed by atoms with E-state index in [1.54, 1.807) is 20.0 Å². The molecule has 0 N–H and O–H groups in total. The Morgan fingerprint density at radius 2 is 1.38 bits per heavy atom. The summed E-state index contributed by atoms with van der Waals surface area (Å²) in [7, 11) is 5.42.